The highest BCUT2D eigenvalue weighted by Crippen LogP contribution is 2.37. The normalized spacial score (nSPS) is 20.4. The Morgan fingerprint density at radius 1 is 1.33 bits per heavy atom. The Morgan fingerprint density at radius 2 is 2.10 bits per heavy atom. The van der Waals surface area contributed by atoms with Crippen molar-refractivity contribution in [2.75, 3.05) is 25.0 Å². The monoisotopic (exact) mass is 287 g/mol. The Labute approximate surface area is 124 Å². The maximum Gasteiger partial charge on any atom is 0.321 e. The van der Waals surface area contributed by atoms with Gasteiger partial charge < -0.3 is 15.5 Å². The summed E-state index contributed by atoms with van der Waals surface area (Å²) in [6.45, 7) is 4.20. The van der Waals surface area contributed by atoms with E-state index in [-0.39, 0.29) is 17.4 Å². The molecule has 2 saturated heterocycles. The number of carbonyl (C=O) groups is 2. The van der Waals surface area contributed by atoms with Crippen LogP contribution < -0.4 is 10.6 Å². The van der Waals surface area contributed by atoms with Gasteiger partial charge in [-0.15, -0.1) is 0 Å². The smallest absolute Gasteiger partial charge is 0.321 e. The molecular weight excluding hydrogens is 266 g/mol. The number of hydrogen-bond acceptors (Lipinski definition) is 2. The van der Waals surface area contributed by atoms with Crippen LogP contribution in [0.25, 0.3) is 0 Å². The average Bonchev–Trinajstić information content (AvgIpc) is 2.80. The molecule has 2 aliphatic heterocycles. The predicted molar refractivity (Wildman–Crippen MR) is 81.1 cm³/mol. The summed E-state index contributed by atoms with van der Waals surface area (Å²) in [5, 5.41) is 5.86. The summed E-state index contributed by atoms with van der Waals surface area (Å²) < 4.78 is 0. The molecule has 0 atom stereocenters. The lowest BCUT2D eigenvalue weighted by Crippen LogP contribution is -2.45. The number of aryl methyl sites for hydroxylation is 1. The Morgan fingerprint density at radius 3 is 2.71 bits per heavy atom. The van der Waals surface area contributed by atoms with E-state index in [0.717, 1.165) is 30.6 Å². The van der Waals surface area contributed by atoms with Crippen molar-refractivity contribution < 1.29 is 9.59 Å². The predicted octanol–water partition coefficient (Wildman–Crippen LogP) is 2.13. The van der Waals surface area contributed by atoms with Crippen molar-refractivity contribution >= 4 is 17.6 Å². The van der Waals surface area contributed by atoms with Gasteiger partial charge in [0.25, 0.3) is 0 Å². The Hall–Kier alpha value is -2.04. The van der Waals surface area contributed by atoms with Crippen LogP contribution >= 0.6 is 0 Å². The van der Waals surface area contributed by atoms with Crippen LogP contribution in [0.4, 0.5) is 10.5 Å². The Kier molecular flexibility index (Phi) is 3.57. The van der Waals surface area contributed by atoms with E-state index in [1.54, 1.807) is 0 Å². The van der Waals surface area contributed by atoms with Gasteiger partial charge in [-0.3, -0.25) is 4.79 Å². The number of benzene rings is 1. The molecule has 1 aromatic rings. The summed E-state index contributed by atoms with van der Waals surface area (Å²) in [4.78, 5) is 25.5. The second kappa shape index (κ2) is 5.39. The van der Waals surface area contributed by atoms with Gasteiger partial charge in [0.1, 0.15) is 0 Å². The number of likely N-dealkylation sites (tertiary alicyclic amines) is 1. The molecule has 0 aromatic heterocycles. The number of nitrogens with one attached hydrogen (secondary N) is 2. The van der Waals surface area contributed by atoms with Gasteiger partial charge in [-0.1, -0.05) is 12.1 Å². The lowest BCUT2D eigenvalue weighted by molar-refractivity contribution is -0.119. The van der Waals surface area contributed by atoms with E-state index in [1.165, 1.54) is 0 Å². The van der Waals surface area contributed by atoms with Crippen LogP contribution in [0, 0.1) is 12.3 Å². The maximum atomic E-state index is 12.3. The van der Waals surface area contributed by atoms with E-state index in [9.17, 15) is 9.59 Å². The largest absolute Gasteiger partial charge is 0.356 e. The Balaban J connectivity index is 1.57. The third kappa shape index (κ3) is 3.01. The highest BCUT2D eigenvalue weighted by atomic mass is 16.2. The quantitative estimate of drug-likeness (QED) is 0.831. The molecule has 1 spiro atoms. The number of nitrogens with zero attached hydrogens (tertiary/aromatic N) is 1. The van der Waals surface area contributed by atoms with Crippen LogP contribution in [0.15, 0.2) is 24.3 Å². The minimum absolute atomic E-state index is 0.0484. The average molecular weight is 287 g/mol. The molecule has 0 radical (unpaired) electrons. The number of carbonyl (C=O) groups excluding carboxylic acids is 2. The fourth-order valence-electron chi connectivity index (χ4n) is 3.21. The SMILES string of the molecule is Cc1cccc(NC(=O)N2CCC3(CC2)CNC(=O)C3)c1. The van der Waals surface area contributed by atoms with Crippen LogP contribution in [0.5, 0.6) is 0 Å². The zero-order valence-electron chi connectivity index (χ0n) is 12.3. The lowest BCUT2D eigenvalue weighted by atomic mass is 9.78. The van der Waals surface area contributed by atoms with Gasteiger partial charge in [0.2, 0.25) is 5.91 Å². The van der Waals surface area contributed by atoms with Gasteiger partial charge in [0.15, 0.2) is 0 Å². The maximum absolute atomic E-state index is 12.3. The van der Waals surface area contributed by atoms with Crippen molar-refractivity contribution in [1.82, 2.24) is 10.2 Å². The Bertz CT molecular complexity index is 562. The number of anilines is 1. The molecule has 2 N–H and O–H groups in total. The molecule has 0 bridgehead atoms. The second-order valence-corrected chi connectivity index (χ2v) is 6.24. The molecule has 21 heavy (non-hydrogen) atoms. The first kappa shape index (κ1) is 13.9. The van der Waals surface area contributed by atoms with Crippen molar-refractivity contribution in [3.63, 3.8) is 0 Å². The summed E-state index contributed by atoms with van der Waals surface area (Å²) in [7, 11) is 0. The van der Waals surface area contributed by atoms with Gasteiger partial charge in [-0.2, -0.15) is 0 Å². The molecule has 0 unspecified atom stereocenters. The highest BCUT2D eigenvalue weighted by Gasteiger charge is 2.41. The topological polar surface area (TPSA) is 61.4 Å². The highest BCUT2D eigenvalue weighted by molar-refractivity contribution is 5.89. The first-order chi connectivity index (χ1) is 10.1. The number of hydrogen-bond donors (Lipinski definition) is 2. The molecule has 3 rings (SSSR count). The molecule has 112 valence electrons. The molecule has 1 aromatic carbocycles. The van der Waals surface area contributed by atoms with E-state index in [2.05, 4.69) is 10.6 Å². The van der Waals surface area contributed by atoms with Crippen LogP contribution in [0.2, 0.25) is 0 Å². The fourth-order valence-corrected chi connectivity index (χ4v) is 3.21. The van der Waals surface area contributed by atoms with Crippen molar-refractivity contribution in [3.8, 4) is 0 Å². The van der Waals surface area contributed by atoms with Gasteiger partial charge in [0, 0.05) is 31.7 Å². The molecule has 5 heteroatoms. The fraction of sp³-hybridized carbons (Fsp3) is 0.500. The van der Waals surface area contributed by atoms with Crippen LogP contribution in [0.3, 0.4) is 0 Å². The standard InChI is InChI=1S/C16H21N3O2/c1-12-3-2-4-13(9-12)18-15(21)19-7-5-16(6-8-19)10-14(20)17-11-16/h2-4,9H,5-8,10-11H2,1H3,(H,17,20)(H,18,21). The van der Waals surface area contributed by atoms with E-state index in [0.29, 0.717) is 19.5 Å². The molecule has 0 aliphatic carbocycles. The molecule has 2 aliphatic rings. The molecule has 3 amide bonds. The molecule has 2 heterocycles. The van der Waals surface area contributed by atoms with Gasteiger partial charge >= 0.3 is 6.03 Å². The molecular formula is C16H21N3O2. The molecule has 0 saturated carbocycles. The zero-order chi connectivity index (χ0) is 14.9. The van der Waals surface area contributed by atoms with Crippen molar-refractivity contribution in [1.29, 1.82) is 0 Å². The van der Waals surface area contributed by atoms with Crippen LogP contribution in [0.1, 0.15) is 24.8 Å². The number of amides is 3. The summed E-state index contributed by atoms with van der Waals surface area (Å²) >= 11 is 0. The second-order valence-electron chi connectivity index (χ2n) is 6.24. The zero-order valence-corrected chi connectivity index (χ0v) is 12.3. The van der Waals surface area contributed by atoms with Crippen molar-refractivity contribution in [2.45, 2.75) is 26.2 Å². The summed E-state index contributed by atoms with van der Waals surface area (Å²) in [5.74, 6) is 0.146. The van der Waals surface area contributed by atoms with E-state index in [1.807, 2.05) is 36.1 Å². The van der Waals surface area contributed by atoms with Gasteiger partial charge in [-0.25, -0.2) is 4.79 Å². The van der Waals surface area contributed by atoms with Crippen molar-refractivity contribution in [2.24, 2.45) is 5.41 Å². The minimum Gasteiger partial charge on any atom is -0.356 e. The first-order valence-electron chi connectivity index (χ1n) is 7.46. The number of piperidine rings is 1. The van der Waals surface area contributed by atoms with E-state index >= 15 is 0 Å². The first-order valence-corrected chi connectivity index (χ1v) is 7.46. The number of rotatable bonds is 1. The lowest BCUT2D eigenvalue weighted by Gasteiger charge is -2.38. The van der Waals surface area contributed by atoms with E-state index < -0.39 is 0 Å². The van der Waals surface area contributed by atoms with Crippen molar-refractivity contribution in [3.05, 3.63) is 29.8 Å². The van der Waals surface area contributed by atoms with Gasteiger partial charge in [-0.05, 0) is 42.9 Å². The number of urea groups is 1. The third-order valence-corrected chi connectivity index (χ3v) is 4.58. The summed E-state index contributed by atoms with van der Waals surface area (Å²) in [5.41, 5.74) is 2.04. The third-order valence-electron chi connectivity index (χ3n) is 4.58. The van der Waals surface area contributed by atoms with Gasteiger partial charge in [0.05, 0.1) is 0 Å². The summed E-state index contributed by atoms with van der Waals surface area (Å²) in [6, 6.07) is 7.75. The minimum atomic E-state index is -0.0484. The summed E-state index contributed by atoms with van der Waals surface area (Å²) in [6.07, 6.45) is 2.40. The molecule has 5 nitrogen and oxygen atoms in total. The van der Waals surface area contributed by atoms with E-state index in [4.69, 9.17) is 0 Å². The van der Waals surface area contributed by atoms with Crippen LogP contribution in [-0.2, 0) is 4.79 Å². The molecule has 2 fully saturated rings. The van der Waals surface area contributed by atoms with Crippen LogP contribution in [-0.4, -0.2) is 36.5 Å².